The minimum Gasteiger partial charge on any atom is -0.396 e. The first-order valence-corrected chi connectivity index (χ1v) is 6.08. The molecule has 1 unspecified atom stereocenters. The molecule has 5 heteroatoms. The highest BCUT2D eigenvalue weighted by atomic mass is 16.5. The van der Waals surface area contributed by atoms with Crippen molar-refractivity contribution in [3.05, 3.63) is 30.1 Å². The van der Waals surface area contributed by atoms with Crippen LogP contribution in [-0.4, -0.2) is 41.9 Å². The molecule has 1 aliphatic heterocycles. The second-order valence-electron chi connectivity index (χ2n) is 4.91. The van der Waals surface area contributed by atoms with Gasteiger partial charge >= 0.3 is 0 Å². The quantitative estimate of drug-likeness (QED) is 0.748. The Morgan fingerprint density at radius 2 is 2.39 bits per heavy atom. The average molecular weight is 247 g/mol. The summed E-state index contributed by atoms with van der Waals surface area (Å²) >= 11 is 0. The Bertz CT molecular complexity index is 542. The van der Waals surface area contributed by atoms with Crippen LogP contribution in [0.25, 0.3) is 11.0 Å². The minimum absolute atomic E-state index is 0.0870. The summed E-state index contributed by atoms with van der Waals surface area (Å²) in [6, 6.07) is 6.22. The Hall–Kier alpha value is -1.43. The monoisotopic (exact) mass is 247 g/mol. The van der Waals surface area contributed by atoms with Crippen LogP contribution in [0.5, 0.6) is 0 Å². The van der Waals surface area contributed by atoms with Crippen LogP contribution in [0.4, 0.5) is 0 Å². The number of hydrogen-bond acceptors (Lipinski definition) is 4. The van der Waals surface area contributed by atoms with Gasteiger partial charge in [-0.3, -0.25) is 0 Å². The molecule has 0 radical (unpaired) electrons. The maximum Gasteiger partial charge on any atom is 0.0931 e. The molecule has 1 aromatic heterocycles. The molecule has 1 fully saturated rings. The molecule has 2 heterocycles. The van der Waals surface area contributed by atoms with Crippen molar-refractivity contribution < 1.29 is 9.84 Å². The number of fused-ring (bicyclic) bond motifs is 1. The number of aliphatic hydroxyl groups is 1. The molecule has 0 spiro atoms. The molecule has 5 nitrogen and oxygen atoms in total. The minimum atomic E-state index is -0.206. The fourth-order valence-electron chi connectivity index (χ4n) is 2.67. The highest BCUT2D eigenvalue weighted by Crippen LogP contribution is 2.40. The molecule has 0 amide bonds. The van der Waals surface area contributed by atoms with Crippen molar-refractivity contribution in [2.75, 3.05) is 26.9 Å². The molecule has 1 aromatic carbocycles. The van der Waals surface area contributed by atoms with E-state index in [1.54, 1.807) is 6.33 Å². The smallest absolute Gasteiger partial charge is 0.0931 e. The average Bonchev–Trinajstić information content (AvgIpc) is 2.80. The van der Waals surface area contributed by atoms with Gasteiger partial charge in [-0.2, -0.15) is 0 Å². The van der Waals surface area contributed by atoms with Crippen molar-refractivity contribution in [3.63, 3.8) is 0 Å². The van der Waals surface area contributed by atoms with Gasteiger partial charge in [-0.05, 0) is 24.7 Å². The number of rotatable bonds is 4. The van der Waals surface area contributed by atoms with Crippen molar-refractivity contribution >= 4 is 11.0 Å². The van der Waals surface area contributed by atoms with Crippen LogP contribution in [0.2, 0.25) is 0 Å². The Morgan fingerprint density at radius 3 is 3.00 bits per heavy atom. The SMILES string of the molecule is CNC(c1ccc2nc[nH]c2c1)C1(CO)COC1. The van der Waals surface area contributed by atoms with Gasteiger partial charge in [-0.15, -0.1) is 0 Å². The molecule has 1 atom stereocenters. The van der Waals surface area contributed by atoms with Crippen molar-refractivity contribution in [3.8, 4) is 0 Å². The summed E-state index contributed by atoms with van der Waals surface area (Å²) in [5.74, 6) is 0. The van der Waals surface area contributed by atoms with Crippen LogP contribution in [0.1, 0.15) is 11.6 Å². The van der Waals surface area contributed by atoms with E-state index in [2.05, 4.69) is 27.4 Å². The molecule has 0 saturated carbocycles. The highest BCUT2D eigenvalue weighted by molar-refractivity contribution is 5.75. The first-order chi connectivity index (χ1) is 8.79. The number of aromatic amines is 1. The summed E-state index contributed by atoms with van der Waals surface area (Å²) in [6.07, 6.45) is 1.69. The highest BCUT2D eigenvalue weighted by Gasteiger charge is 2.45. The molecule has 0 aliphatic carbocycles. The van der Waals surface area contributed by atoms with Gasteiger partial charge < -0.3 is 20.1 Å². The number of nitrogens with zero attached hydrogens (tertiary/aromatic N) is 1. The zero-order chi connectivity index (χ0) is 12.6. The molecular formula is C13H17N3O2. The summed E-state index contributed by atoms with van der Waals surface area (Å²) in [7, 11) is 1.91. The first kappa shape index (κ1) is 11.6. The van der Waals surface area contributed by atoms with Crippen LogP contribution in [0.15, 0.2) is 24.5 Å². The lowest BCUT2D eigenvalue weighted by atomic mass is 9.76. The van der Waals surface area contributed by atoms with E-state index in [1.165, 1.54) is 0 Å². The van der Waals surface area contributed by atoms with Gasteiger partial charge in [-0.1, -0.05) is 6.07 Å². The van der Waals surface area contributed by atoms with E-state index in [-0.39, 0.29) is 18.1 Å². The molecule has 96 valence electrons. The fourth-order valence-corrected chi connectivity index (χ4v) is 2.67. The van der Waals surface area contributed by atoms with Crippen molar-refractivity contribution in [1.29, 1.82) is 0 Å². The van der Waals surface area contributed by atoms with E-state index < -0.39 is 0 Å². The number of ether oxygens (including phenoxy) is 1. The summed E-state index contributed by atoms with van der Waals surface area (Å²) in [6.45, 7) is 1.31. The van der Waals surface area contributed by atoms with Gasteiger partial charge in [0.25, 0.3) is 0 Å². The number of H-pyrrole nitrogens is 1. The molecule has 3 N–H and O–H groups in total. The van der Waals surface area contributed by atoms with E-state index in [4.69, 9.17) is 4.74 Å². The molecule has 3 rings (SSSR count). The maximum atomic E-state index is 9.63. The van der Waals surface area contributed by atoms with E-state index in [0.29, 0.717) is 13.2 Å². The van der Waals surface area contributed by atoms with Gasteiger partial charge in [0, 0.05) is 6.04 Å². The maximum absolute atomic E-state index is 9.63. The summed E-state index contributed by atoms with van der Waals surface area (Å²) < 4.78 is 5.29. The van der Waals surface area contributed by atoms with Crippen LogP contribution < -0.4 is 5.32 Å². The second kappa shape index (κ2) is 4.35. The van der Waals surface area contributed by atoms with E-state index in [9.17, 15) is 5.11 Å². The number of nitrogens with one attached hydrogen (secondary N) is 2. The Morgan fingerprint density at radius 1 is 1.56 bits per heavy atom. The molecule has 0 bridgehead atoms. The lowest BCUT2D eigenvalue weighted by Crippen LogP contribution is -2.53. The van der Waals surface area contributed by atoms with Crippen LogP contribution in [0.3, 0.4) is 0 Å². The summed E-state index contributed by atoms with van der Waals surface area (Å²) in [4.78, 5) is 7.32. The summed E-state index contributed by atoms with van der Waals surface area (Å²) in [5.41, 5.74) is 2.91. The molecule has 18 heavy (non-hydrogen) atoms. The van der Waals surface area contributed by atoms with Gasteiger partial charge in [0.2, 0.25) is 0 Å². The van der Waals surface area contributed by atoms with E-state index in [1.807, 2.05) is 13.1 Å². The molecule has 1 aliphatic rings. The lowest BCUT2D eigenvalue weighted by molar-refractivity contribution is -0.155. The molecule has 2 aromatic rings. The van der Waals surface area contributed by atoms with Crippen LogP contribution in [0, 0.1) is 5.41 Å². The second-order valence-corrected chi connectivity index (χ2v) is 4.91. The Kier molecular flexibility index (Phi) is 2.81. The number of aromatic nitrogens is 2. The largest absolute Gasteiger partial charge is 0.396 e. The normalized spacial score (nSPS) is 19.7. The van der Waals surface area contributed by atoms with Crippen molar-refractivity contribution in [2.45, 2.75) is 6.04 Å². The zero-order valence-corrected chi connectivity index (χ0v) is 10.3. The predicted molar refractivity (Wildman–Crippen MR) is 68.2 cm³/mol. The molecule has 1 saturated heterocycles. The Labute approximate surface area is 105 Å². The third kappa shape index (κ3) is 1.63. The van der Waals surface area contributed by atoms with Gasteiger partial charge in [-0.25, -0.2) is 4.98 Å². The van der Waals surface area contributed by atoms with Crippen LogP contribution in [-0.2, 0) is 4.74 Å². The third-order valence-electron chi connectivity index (χ3n) is 3.77. The summed E-state index contributed by atoms with van der Waals surface area (Å²) in [5, 5.41) is 12.9. The topological polar surface area (TPSA) is 70.2 Å². The van der Waals surface area contributed by atoms with Gasteiger partial charge in [0.05, 0.1) is 42.6 Å². The lowest BCUT2D eigenvalue weighted by Gasteiger charge is -2.46. The van der Waals surface area contributed by atoms with Crippen LogP contribution >= 0.6 is 0 Å². The number of imidazole rings is 1. The van der Waals surface area contributed by atoms with E-state index in [0.717, 1.165) is 16.6 Å². The zero-order valence-electron chi connectivity index (χ0n) is 10.3. The Balaban J connectivity index is 1.99. The van der Waals surface area contributed by atoms with Crippen molar-refractivity contribution in [1.82, 2.24) is 15.3 Å². The number of benzene rings is 1. The third-order valence-corrected chi connectivity index (χ3v) is 3.77. The van der Waals surface area contributed by atoms with Gasteiger partial charge in [0.1, 0.15) is 0 Å². The van der Waals surface area contributed by atoms with E-state index >= 15 is 0 Å². The number of aliphatic hydroxyl groups excluding tert-OH is 1. The fraction of sp³-hybridized carbons (Fsp3) is 0.462. The first-order valence-electron chi connectivity index (χ1n) is 6.08. The predicted octanol–water partition coefficient (Wildman–Crippen LogP) is 0.832. The van der Waals surface area contributed by atoms with Gasteiger partial charge in [0.15, 0.2) is 0 Å². The molecular weight excluding hydrogens is 230 g/mol. The number of hydrogen-bond donors (Lipinski definition) is 3. The standard InChI is InChI=1S/C13H17N3O2/c1-14-12(13(5-17)6-18-7-13)9-2-3-10-11(4-9)16-8-15-10/h2-4,8,12,14,17H,5-7H2,1H3,(H,15,16). The van der Waals surface area contributed by atoms with Crippen molar-refractivity contribution in [2.24, 2.45) is 5.41 Å².